The van der Waals surface area contributed by atoms with Crippen LogP contribution >= 0.6 is 11.8 Å². The van der Waals surface area contributed by atoms with E-state index in [1.165, 1.54) is 49.9 Å². The first kappa shape index (κ1) is 10.2. The summed E-state index contributed by atoms with van der Waals surface area (Å²) in [7, 11) is 0. The molecule has 0 aromatic heterocycles. The molecule has 12 heavy (non-hydrogen) atoms. The first-order valence-corrected chi connectivity index (χ1v) is 6.05. The van der Waals surface area contributed by atoms with Gasteiger partial charge in [-0.15, -0.1) is 11.8 Å². The average Bonchev–Trinajstić information content (AvgIpc) is 2.05. The molecule has 1 aliphatic rings. The van der Waals surface area contributed by atoms with Gasteiger partial charge in [0.15, 0.2) is 0 Å². The number of unbranched alkanes of at least 4 members (excludes halogenated alkanes) is 2. The summed E-state index contributed by atoms with van der Waals surface area (Å²) >= 11 is 2.04. The zero-order chi connectivity index (χ0) is 8.81. The van der Waals surface area contributed by atoms with Gasteiger partial charge in [-0.1, -0.05) is 32.8 Å². The van der Waals surface area contributed by atoms with E-state index in [4.69, 9.17) is 0 Å². The second-order valence-corrected chi connectivity index (χ2v) is 5.15. The van der Waals surface area contributed by atoms with Gasteiger partial charge in [-0.2, -0.15) is 0 Å². The summed E-state index contributed by atoms with van der Waals surface area (Å²) in [5.41, 5.74) is 0. The predicted octanol–water partition coefficient (Wildman–Crippen LogP) is 4.37. The molecular weight excluding hydrogens is 164 g/mol. The highest BCUT2D eigenvalue weighted by atomic mass is 32.2. The standard InChI is InChI=1S/C11H20S/c1-3-4-5-8-11-9-6-7-10(2)12-11/h11H,2-9H2,1H3. The van der Waals surface area contributed by atoms with Gasteiger partial charge in [0, 0.05) is 5.25 Å². The maximum absolute atomic E-state index is 4.06. The highest BCUT2D eigenvalue weighted by Gasteiger charge is 2.15. The Morgan fingerprint density at radius 1 is 1.50 bits per heavy atom. The first-order valence-electron chi connectivity index (χ1n) is 5.17. The number of thioether (sulfide) groups is 1. The molecule has 70 valence electrons. The molecule has 0 spiro atoms. The highest BCUT2D eigenvalue weighted by molar-refractivity contribution is 8.03. The summed E-state index contributed by atoms with van der Waals surface area (Å²) in [5.74, 6) is 0. The summed E-state index contributed by atoms with van der Waals surface area (Å²) in [6.45, 7) is 6.33. The summed E-state index contributed by atoms with van der Waals surface area (Å²) in [4.78, 5) is 1.42. The fraction of sp³-hybridized carbons (Fsp3) is 0.818. The van der Waals surface area contributed by atoms with Crippen LogP contribution in [0.2, 0.25) is 0 Å². The maximum atomic E-state index is 4.06. The van der Waals surface area contributed by atoms with E-state index < -0.39 is 0 Å². The first-order chi connectivity index (χ1) is 5.83. The van der Waals surface area contributed by atoms with E-state index in [1.54, 1.807) is 0 Å². The van der Waals surface area contributed by atoms with E-state index in [0.717, 1.165) is 5.25 Å². The van der Waals surface area contributed by atoms with Crippen LogP contribution in [0.5, 0.6) is 0 Å². The quantitative estimate of drug-likeness (QED) is 0.585. The van der Waals surface area contributed by atoms with Crippen LogP contribution in [-0.4, -0.2) is 5.25 Å². The van der Waals surface area contributed by atoms with Gasteiger partial charge in [0.2, 0.25) is 0 Å². The molecule has 0 N–H and O–H groups in total. The minimum absolute atomic E-state index is 0.901. The van der Waals surface area contributed by atoms with Gasteiger partial charge in [-0.3, -0.25) is 0 Å². The molecule has 0 aromatic rings. The second kappa shape index (κ2) is 5.69. The highest BCUT2D eigenvalue weighted by Crippen LogP contribution is 2.36. The third-order valence-electron chi connectivity index (χ3n) is 2.44. The molecule has 0 radical (unpaired) electrons. The van der Waals surface area contributed by atoms with E-state index in [-0.39, 0.29) is 0 Å². The summed E-state index contributed by atoms with van der Waals surface area (Å²) in [5, 5.41) is 0.901. The molecule has 1 rings (SSSR count). The fourth-order valence-electron chi connectivity index (χ4n) is 1.71. The van der Waals surface area contributed by atoms with Gasteiger partial charge < -0.3 is 0 Å². The van der Waals surface area contributed by atoms with Gasteiger partial charge >= 0.3 is 0 Å². The number of allylic oxidation sites excluding steroid dienone is 1. The largest absolute Gasteiger partial charge is 0.128 e. The van der Waals surface area contributed by atoms with Gasteiger partial charge in [-0.05, 0) is 30.6 Å². The molecule has 1 unspecified atom stereocenters. The maximum Gasteiger partial charge on any atom is 0.00910 e. The van der Waals surface area contributed by atoms with Crippen LogP contribution in [-0.2, 0) is 0 Å². The molecule has 0 nitrogen and oxygen atoms in total. The predicted molar refractivity (Wildman–Crippen MR) is 58.5 cm³/mol. The van der Waals surface area contributed by atoms with Gasteiger partial charge in [0.25, 0.3) is 0 Å². The average molecular weight is 184 g/mol. The van der Waals surface area contributed by atoms with Crippen molar-refractivity contribution in [3.8, 4) is 0 Å². The minimum Gasteiger partial charge on any atom is -0.128 e. The van der Waals surface area contributed by atoms with Crippen molar-refractivity contribution in [2.75, 3.05) is 0 Å². The molecule has 1 heteroatoms. The third-order valence-corrected chi connectivity index (χ3v) is 3.79. The Bertz CT molecular complexity index is 140. The Kier molecular flexibility index (Phi) is 4.82. The van der Waals surface area contributed by atoms with Crippen molar-refractivity contribution < 1.29 is 0 Å². The molecule has 0 amide bonds. The van der Waals surface area contributed by atoms with Crippen molar-refractivity contribution in [2.45, 2.75) is 57.1 Å². The number of rotatable bonds is 4. The number of hydrogen-bond acceptors (Lipinski definition) is 1. The Balaban J connectivity index is 2.10. The molecule has 1 saturated heterocycles. The molecular formula is C11H20S. The van der Waals surface area contributed by atoms with E-state index in [0.29, 0.717) is 0 Å². The van der Waals surface area contributed by atoms with E-state index in [1.807, 2.05) is 11.8 Å². The smallest absolute Gasteiger partial charge is 0.00910 e. The van der Waals surface area contributed by atoms with Crippen molar-refractivity contribution in [1.29, 1.82) is 0 Å². The summed E-state index contributed by atoms with van der Waals surface area (Å²) < 4.78 is 0. The van der Waals surface area contributed by atoms with Gasteiger partial charge in [0.05, 0.1) is 0 Å². The van der Waals surface area contributed by atoms with Crippen molar-refractivity contribution in [3.63, 3.8) is 0 Å². The third kappa shape index (κ3) is 3.66. The van der Waals surface area contributed by atoms with Crippen molar-refractivity contribution in [3.05, 3.63) is 11.5 Å². The fourth-order valence-corrected chi connectivity index (χ4v) is 3.01. The molecule has 0 aromatic carbocycles. The van der Waals surface area contributed by atoms with Crippen LogP contribution < -0.4 is 0 Å². The van der Waals surface area contributed by atoms with Crippen LogP contribution in [0.1, 0.15) is 51.9 Å². The Hall–Kier alpha value is 0.0900. The lowest BCUT2D eigenvalue weighted by atomic mass is 10.1. The SMILES string of the molecule is C=C1CCCC(CCCCC)S1. The van der Waals surface area contributed by atoms with Gasteiger partial charge in [0.1, 0.15) is 0 Å². The summed E-state index contributed by atoms with van der Waals surface area (Å²) in [6, 6.07) is 0. The number of hydrogen-bond donors (Lipinski definition) is 0. The van der Waals surface area contributed by atoms with E-state index in [9.17, 15) is 0 Å². The Morgan fingerprint density at radius 2 is 2.33 bits per heavy atom. The topological polar surface area (TPSA) is 0 Å². The summed E-state index contributed by atoms with van der Waals surface area (Å²) in [6.07, 6.45) is 9.64. The molecule has 0 saturated carbocycles. The van der Waals surface area contributed by atoms with E-state index in [2.05, 4.69) is 13.5 Å². The Morgan fingerprint density at radius 3 is 3.00 bits per heavy atom. The lowest BCUT2D eigenvalue weighted by molar-refractivity contribution is 0.595. The normalized spacial score (nSPS) is 24.4. The molecule has 0 aliphatic carbocycles. The van der Waals surface area contributed by atoms with Crippen LogP contribution in [0.3, 0.4) is 0 Å². The zero-order valence-corrected chi connectivity index (χ0v) is 8.96. The molecule has 1 fully saturated rings. The zero-order valence-electron chi connectivity index (χ0n) is 8.14. The van der Waals surface area contributed by atoms with Crippen LogP contribution in [0.15, 0.2) is 11.5 Å². The van der Waals surface area contributed by atoms with Crippen LogP contribution in [0.4, 0.5) is 0 Å². The van der Waals surface area contributed by atoms with Crippen molar-refractivity contribution in [2.24, 2.45) is 0 Å². The molecule has 0 bridgehead atoms. The molecule has 1 aliphatic heterocycles. The van der Waals surface area contributed by atoms with Gasteiger partial charge in [-0.25, -0.2) is 0 Å². The lowest BCUT2D eigenvalue weighted by Gasteiger charge is -2.22. The van der Waals surface area contributed by atoms with Crippen LogP contribution in [0.25, 0.3) is 0 Å². The van der Waals surface area contributed by atoms with Crippen molar-refractivity contribution >= 4 is 11.8 Å². The second-order valence-electron chi connectivity index (χ2n) is 3.67. The Labute approximate surface area is 80.8 Å². The van der Waals surface area contributed by atoms with E-state index >= 15 is 0 Å². The van der Waals surface area contributed by atoms with Crippen molar-refractivity contribution in [1.82, 2.24) is 0 Å². The molecule has 1 heterocycles. The monoisotopic (exact) mass is 184 g/mol. The minimum atomic E-state index is 0.901. The molecule has 1 atom stereocenters. The van der Waals surface area contributed by atoms with Crippen LogP contribution in [0, 0.1) is 0 Å². The lowest BCUT2D eigenvalue weighted by Crippen LogP contribution is -2.07.